The second-order valence-corrected chi connectivity index (χ2v) is 7.11. The molecule has 0 spiro atoms. The number of furan rings is 1. The van der Waals surface area contributed by atoms with Crippen LogP contribution in [0.4, 0.5) is 11.5 Å². The Labute approximate surface area is 178 Å². The normalized spacial score (nSPS) is 10.8. The van der Waals surface area contributed by atoms with E-state index in [1.54, 1.807) is 12.3 Å². The maximum absolute atomic E-state index is 9.49. The summed E-state index contributed by atoms with van der Waals surface area (Å²) in [6.07, 6.45) is 1.57. The van der Waals surface area contributed by atoms with Crippen LogP contribution in [-0.4, -0.2) is 9.97 Å². The summed E-state index contributed by atoms with van der Waals surface area (Å²) in [5.74, 6) is 1.78. The molecule has 0 saturated carbocycles. The summed E-state index contributed by atoms with van der Waals surface area (Å²) in [6, 6.07) is 23.5. The molecule has 7 heteroatoms. The summed E-state index contributed by atoms with van der Waals surface area (Å²) >= 11 is 0. The van der Waals surface area contributed by atoms with Gasteiger partial charge in [0.2, 0.25) is 0 Å². The number of para-hydroxylation sites is 2. The summed E-state index contributed by atoms with van der Waals surface area (Å²) < 4.78 is 5.48. The van der Waals surface area contributed by atoms with E-state index in [-0.39, 0.29) is 0 Å². The lowest BCUT2D eigenvalue weighted by Crippen LogP contribution is -2.16. The summed E-state index contributed by atoms with van der Waals surface area (Å²) in [5, 5.41) is 12.9. The van der Waals surface area contributed by atoms with Crippen molar-refractivity contribution in [2.24, 2.45) is 0 Å². The van der Waals surface area contributed by atoms with Gasteiger partial charge in [0.05, 0.1) is 23.8 Å². The number of rotatable bonds is 5. The van der Waals surface area contributed by atoms with Gasteiger partial charge in [0.15, 0.2) is 5.56 Å². The fourth-order valence-corrected chi connectivity index (χ4v) is 3.55. The first-order valence-corrected chi connectivity index (χ1v) is 9.79. The maximum atomic E-state index is 9.49. The van der Waals surface area contributed by atoms with Crippen molar-refractivity contribution in [1.82, 2.24) is 9.97 Å². The standard InChI is InChI=1S/C24H18N6O/c25-13-18-17(22-6-3-11-31-22)12-21(30-24(18)26)15-7-9-16(10-8-15)27-14-23-28-19-4-1-2-5-20(19)29-23/h1-12,27H,14H2,(H2,26,30)(H,28,29)/p+1. The quantitative estimate of drug-likeness (QED) is 0.400. The van der Waals surface area contributed by atoms with E-state index in [2.05, 4.69) is 26.3 Å². The summed E-state index contributed by atoms with van der Waals surface area (Å²) in [4.78, 5) is 11.0. The number of aromatic nitrogens is 3. The molecule has 0 aliphatic rings. The van der Waals surface area contributed by atoms with E-state index >= 15 is 0 Å². The number of H-pyrrole nitrogens is 2. The molecule has 0 aliphatic carbocycles. The molecule has 3 heterocycles. The number of nitrogens with one attached hydrogen (secondary N) is 3. The smallest absolute Gasteiger partial charge is 0.289 e. The lowest BCUT2D eigenvalue weighted by atomic mass is 10.0. The Balaban J connectivity index is 1.38. The molecule has 5 aromatic rings. The number of nitrogens with zero attached hydrogens (tertiary/aromatic N) is 2. The fraction of sp³-hybridized carbons (Fsp3) is 0.0417. The number of nitrogens with two attached hydrogens (primary N) is 1. The number of hydrogen-bond donors (Lipinski definition) is 3. The van der Waals surface area contributed by atoms with Crippen molar-refractivity contribution in [2.45, 2.75) is 6.54 Å². The third-order valence-electron chi connectivity index (χ3n) is 5.09. The van der Waals surface area contributed by atoms with Crippen LogP contribution in [0.15, 0.2) is 77.4 Å². The van der Waals surface area contributed by atoms with Gasteiger partial charge in [0, 0.05) is 16.8 Å². The van der Waals surface area contributed by atoms with Gasteiger partial charge in [-0.2, -0.15) is 5.26 Å². The van der Waals surface area contributed by atoms with Gasteiger partial charge in [0.25, 0.3) is 5.82 Å². The first kappa shape index (κ1) is 18.5. The average molecular weight is 407 g/mol. The highest BCUT2D eigenvalue weighted by Crippen LogP contribution is 2.29. The van der Waals surface area contributed by atoms with Crippen LogP contribution in [0.1, 0.15) is 11.4 Å². The predicted molar refractivity (Wildman–Crippen MR) is 119 cm³/mol. The highest BCUT2D eigenvalue weighted by molar-refractivity contribution is 5.76. The van der Waals surface area contributed by atoms with Crippen molar-refractivity contribution in [2.75, 3.05) is 11.1 Å². The van der Waals surface area contributed by atoms with Crippen molar-refractivity contribution in [3.8, 4) is 28.7 Å². The Morgan fingerprint density at radius 3 is 2.68 bits per heavy atom. The van der Waals surface area contributed by atoms with Gasteiger partial charge >= 0.3 is 0 Å². The van der Waals surface area contributed by atoms with E-state index in [0.29, 0.717) is 29.2 Å². The van der Waals surface area contributed by atoms with E-state index < -0.39 is 0 Å². The number of aromatic amines is 2. The van der Waals surface area contributed by atoms with Gasteiger partial charge in [-0.15, -0.1) is 0 Å². The minimum Gasteiger partial charge on any atom is -0.464 e. The second-order valence-electron chi connectivity index (χ2n) is 7.11. The number of imidazole rings is 1. The molecular formula is C24H19N6O+. The molecule has 0 aliphatic heterocycles. The largest absolute Gasteiger partial charge is 0.464 e. The minimum atomic E-state index is 0.304. The van der Waals surface area contributed by atoms with E-state index in [1.807, 2.05) is 60.7 Å². The van der Waals surface area contributed by atoms with Gasteiger partial charge in [-0.1, -0.05) is 12.1 Å². The van der Waals surface area contributed by atoms with Crippen molar-refractivity contribution in [3.05, 3.63) is 84.4 Å². The number of nitrogen functional groups attached to an aromatic ring is 1. The average Bonchev–Trinajstić information content (AvgIpc) is 3.47. The molecule has 0 bridgehead atoms. The fourth-order valence-electron chi connectivity index (χ4n) is 3.55. The van der Waals surface area contributed by atoms with Gasteiger partial charge in [0.1, 0.15) is 23.3 Å². The van der Waals surface area contributed by atoms with Crippen LogP contribution < -0.4 is 16.0 Å². The lowest BCUT2D eigenvalue weighted by Gasteiger charge is -2.07. The molecule has 3 aromatic heterocycles. The molecule has 2 aromatic carbocycles. The Morgan fingerprint density at radius 2 is 1.94 bits per heavy atom. The highest BCUT2D eigenvalue weighted by Gasteiger charge is 2.18. The van der Waals surface area contributed by atoms with Crippen molar-refractivity contribution >= 4 is 22.5 Å². The van der Waals surface area contributed by atoms with Crippen LogP contribution in [0, 0.1) is 11.3 Å². The number of benzene rings is 2. The Kier molecular flexibility index (Phi) is 4.58. The maximum Gasteiger partial charge on any atom is 0.289 e. The van der Waals surface area contributed by atoms with Gasteiger partial charge in [-0.3, -0.25) is 5.73 Å². The van der Waals surface area contributed by atoms with Crippen molar-refractivity contribution in [1.29, 1.82) is 5.26 Å². The number of hydrogen-bond acceptors (Lipinski definition) is 5. The van der Waals surface area contributed by atoms with Crippen LogP contribution in [0.5, 0.6) is 0 Å². The van der Waals surface area contributed by atoms with E-state index in [1.165, 1.54) is 0 Å². The van der Waals surface area contributed by atoms with Crippen LogP contribution in [0.2, 0.25) is 0 Å². The Morgan fingerprint density at radius 1 is 1.10 bits per heavy atom. The molecule has 0 unspecified atom stereocenters. The van der Waals surface area contributed by atoms with Crippen molar-refractivity contribution in [3.63, 3.8) is 0 Å². The minimum absolute atomic E-state index is 0.304. The molecule has 0 fully saturated rings. The molecule has 0 atom stereocenters. The molecule has 0 amide bonds. The van der Waals surface area contributed by atoms with Gasteiger partial charge in [-0.05, 0) is 54.6 Å². The first-order chi connectivity index (χ1) is 15.2. The molecule has 0 radical (unpaired) electrons. The topological polar surface area (TPSA) is 118 Å². The Hall–Kier alpha value is -4.57. The predicted octanol–water partition coefficient (Wildman–Crippen LogP) is 4.37. The molecule has 7 nitrogen and oxygen atoms in total. The van der Waals surface area contributed by atoms with Crippen LogP contribution in [0.25, 0.3) is 33.6 Å². The Bertz CT molecular complexity index is 1360. The molecule has 5 N–H and O–H groups in total. The van der Waals surface area contributed by atoms with Gasteiger partial charge < -0.3 is 14.7 Å². The third-order valence-corrected chi connectivity index (χ3v) is 5.09. The second kappa shape index (κ2) is 7.69. The molecule has 5 rings (SSSR count). The third kappa shape index (κ3) is 3.58. The molecular weight excluding hydrogens is 388 g/mol. The molecule has 150 valence electrons. The zero-order valence-electron chi connectivity index (χ0n) is 16.5. The number of anilines is 2. The highest BCUT2D eigenvalue weighted by atomic mass is 16.3. The molecule has 0 saturated heterocycles. The van der Waals surface area contributed by atoms with Crippen LogP contribution in [0.3, 0.4) is 0 Å². The van der Waals surface area contributed by atoms with E-state index in [0.717, 1.165) is 33.8 Å². The molecule has 31 heavy (non-hydrogen) atoms. The van der Waals surface area contributed by atoms with Crippen LogP contribution in [-0.2, 0) is 6.54 Å². The van der Waals surface area contributed by atoms with E-state index in [9.17, 15) is 5.26 Å². The van der Waals surface area contributed by atoms with E-state index in [4.69, 9.17) is 10.2 Å². The first-order valence-electron chi connectivity index (χ1n) is 9.79. The number of fused-ring (bicyclic) bond motifs is 1. The summed E-state index contributed by atoms with van der Waals surface area (Å²) in [7, 11) is 0. The monoisotopic (exact) mass is 407 g/mol. The SMILES string of the molecule is N#Cc1c(-c2ccco2)cc(-c2ccc(NCc3nc4ccccc4[nH]3)cc2)[nH+]c1N. The number of nitriles is 1. The zero-order valence-corrected chi connectivity index (χ0v) is 16.5. The zero-order chi connectivity index (χ0) is 21.2. The van der Waals surface area contributed by atoms with Crippen molar-refractivity contribution < 1.29 is 9.40 Å². The van der Waals surface area contributed by atoms with Crippen LogP contribution >= 0.6 is 0 Å². The summed E-state index contributed by atoms with van der Waals surface area (Å²) in [5.41, 5.74) is 11.8. The lowest BCUT2D eigenvalue weighted by molar-refractivity contribution is -0.346. The summed E-state index contributed by atoms with van der Waals surface area (Å²) in [6.45, 7) is 0.590. The number of pyridine rings is 1. The van der Waals surface area contributed by atoms with Gasteiger partial charge in [-0.25, -0.2) is 9.97 Å².